The van der Waals surface area contributed by atoms with Crippen LogP contribution in [0.5, 0.6) is 0 Å². The maximum absolute atomic E-state index is 7.33. The van der Waals surface area contributed by atoms with Gasteiger partial charge in [0, 0.05) is 0 Å². The molecule has 8 nitrogen and oxygen atoms in total. The van der Waals surface area contributed by atoms with Crippen molar-refractivity contribution in [2.45, 2.75) is 0 Å². The summed E-state index contributed by atoms with van der Waals surface area (Å²) in [6.45, 7) is 0. The van der Waals surface area contributed by atoms with Gasteiger partial charge < -0.3 is 38.4 Å². The maximum atomic E-state index is 7.33. The Balaban J connectivity index is -0.0000000178. The fraction of sp³-hybridized carbons (Fsp3) is 0. The van der Waals surface area contributed by atoms with E-state index in [2.05, 4.69) is 0 Å². The van der Waals surface area contributed by atoms with Gasteiger partial charge in [0.2, 0.25) is 0 Å². The molecule has 0 heterocycles. The highest BCUT2D eigenvalue weighted by Gasteiger charge is 2.22. The van der Waals surface area contributed by atoms with Gasteiger partial charge in [0.05, 0.1) is 0 Å². The molecule has 0 fully saturated rings. The van der Waals surface area contributed by atoms with Crippen LogP contribution < -0.4 is 0 Å². The minimum Gasteiger partial charge on any atom is -0.368 e. The lowest BCUT2D eigenvalue weighted by Gasteiger charge is -1.91. The summed E-state index contributed by atoms with van der Waals surface area (Å²) in [7, 11) is -9.22. The molecule has 84 valence electrons. The largest absolute Gasteiger partial charge is 0.668 e. The van der Waals surface area contributed by atoms with Crippen molar-refractivity contribution >= 4 is 98.9 Å². The van der Waals surface area contributed by atoms with Crippen molar-refractivity contribution in [2.24, 2.45) is 0 Å². The summed E-state index contributed by atoms with van der Waals surface area (Å²) in [6, 6.07) is 0. The molecule has 0 saturated heterocycles. The van der Waals surface area contributed by atoms with Crippen LogP contribution in [0.2, 0.25) is 0 Å². The van der Waals surface area contributed by atoms with Crippen LogP contribution in [0, 0.1) is 0 Å². The molecule has 14 heteroatoms. The van der Waals surface area contributed by atoms with E-state index in [4.69, 9.17) is 38.4 Å². The standard InChI is InChI=1S/2Al.2Mg.2H4O4Si.10H/c;;;;2*1-5(2,3)4;;;;;;;;;;/h;;;;2*1-4H;;;;;;;;;;. The molecule has 14 heavy (non-hydrogen) atoms. The lowest BCUT2D eigenvalue weighted by atomic mass is 15.7. The molecule has 0 aromatic carbocycles. The SMILES string of the molecule is O[Si](O)(O)O.O[Si](O)(O)O.[AlH3].[AlH3].[MgH2].[MgH2]. The molecule has 0 aromatic heterocycles. The Labute approximate surface area is 136 Å². The van der Waals surface area contributed by atoms with Crippen LogP contribution in [0.15, 0.2) is 0 Å². The van der Waals surface area contributed by atoms with Gasteiger partial charge in [-0.1, -0.05) is 0 Å². The van der Waals surface area contributed by atoms with Gasteiger partial charge in [-0.15, -0.1) is 0 Å². The Kier molecular flexibility index (Phi) is 40.3. The maximum Gasteiger partial charge on any atom is 0.668 e. The first kappa shape index (κ1) is 36.0. The zero-order valence-corrected chi connectivity index (χ0v) is 6.58. The molecule has 8 N–H and O–H groups in total. The van der Waals surface area contributed by atoms with Crippen molar-refractivity contribution in [1.29, 1.82) is 0 Å². The Morgan fingerprint density at radius 3 is 0.429 bits per heavy atom. The number of rotatable bonds is 0. The lowest BCUT2D eigenvalue weighted by molar-refractivity contribution is 0.115. The second-order valence-electron chi connectivity index (χ2n) is 1.20. The summed E-state index contributed by atoms with van der Waals surface area (Å²) in [5, 5.41) is 0. The second kappa shape index (κ2) is 15.7. The van der Waals surface area contributed by atoms with Crippen molar-refractivity contribution in [3.05, 3.63) is 0 Å². The molecule has 0 aliphatic heterocycles. The van der Waals surface area contributed by atoms with E-state index in [9.17, 15) is 0 Å². The fourth-order valence-corrected chi connectivity index (χ4v) is 0. The van der Waals surface area contributed by atoms with Crippen LogP contribution in [0.25, 0.3) is 0 Å². The minimum absolute atomic E-state index is 0. The zero-order valence-electron chi connectivity index (χ0n) is 4.58. The van der Waals surface area contributed by atoms with Crippen LogP contribution >= 0.6 is 0 Å². The molecule has 0 radical (unpaired) electrons. The van der Waals surface area contributed by atoms with E-state index in [1.807, 2.05) is 0 Å². The van der Waals surface area contributed by atoms with Crippen molar-refractivity contribution in [1.82, 2.24) is 0 Å². The van der Waals surface area contributed by atoms with Crippen LogP contribution in [0.4, 0.5) is 0 Å². The average Bonchev–Trinajstić information content (AvgIpc) is 1.12. The van der Waals surface area contributed by atoms with Crippen LogP contribution in [0.1, 0.15) is 0 Å². The van der Waals surface area contributed by atoms with E-state index in [1.54, 1.807) is 0 Å². The quantitative estimate of drug-likeness (QED) is 0.205. The summed E-state index contributed by atoms with van der Waals surface area (Å²) in [5.41, 5.74) is 0. The first-order valence-corrected chi connectivity index (χ1v) is 5.37. The van der Waals surface area contributed by atoms with Crippen molar-refractivity contribution < 1.29 is 38.4 Å². The fourth-order valence-electron chi connectivity index (χ4n) is 0. The van der Waals surface area contributed by atoms with Gasteiger partial charge in [0.1, 0.15) is 0 Å². The second-order valence-corrected chi connectivity index (χ2v) is 3.60. The highest BCUT2D eigenvalue weighted by molar-refractivity contribution is 6.47. The van der Waals surface area contributed by atoms with Crippen molar-refractivity contribution in [3.63, 3.8) is 0 Å². The first-order chi connectivity index (χ1) is 4.00. The van der Waals surface area contributed by atoms with Gasteiger partial charge in [0.15, 0.2) is 34.7 Å². The highest BCUT2D eigenvalue weighted by Crippen LogP contribution is 1.67. The van der Waals surface area contributed by atoms with Crippen LogP contribution in [-0.2, 0) is 0 Å². The molecule has 0 bridgehead atoms. The van der Waals surface area contributed by atoms with E-state index in [1.165, 1.54) is 0 Å². The van der Waals surface area contributed by atoms with Crippen molar-refractivity contribution in [3.8, 4) is 0 Å². The molecule has 0 saturated carbocycles. The van der Waals surface area contributed by atoms with Crippen molar-refractivity contribution in [2.75, 3.05) is 0 Å². The third-order valence-corrected chi connectivity index (χ3v) is 0. The topological polar surface area (TPSA) is 162 Å². The van der Waals surface area contributed by atoms with E-state index < -0.39 is 18.1 Å². The molecule has 0 rings (SSSR count). The third-order valence-electron chi connectivity index (χ3n) is 0. The average molecular weight is 305 g/mol. The zero-order chi connectivity index (χ0) is 9.00. The molecular weight excluding hydrogens is 287 g/mol. The number of hydrogen-bond acceptors (Lipinski definition) is 8. The third kappa shape index (κ3) is 376. The molecule has 0 aromatic rings. The summed E-state index contributed by atoms with van der Waals surface area (Å²) >= 11 is 0. The van der Waals surface area contributed by atoms with E-state index in [0.717, 1.165) is 0 Å². The predicted octanol–water partition coefficient (Wildman–Crippen LogP) is -9.42. The number of hydrogen-bond donors (Lipinski definition) is 8. The Bertz CT molecular complexity index is 66.3. The van der Waals surface area contributed by atoms with Crippen LogP contribution in [0.3, 0.4) is 0 Å². The first-order valence-electron chi connectivity index (χ1n) is 1.79. The Morgan fingerprint density at radius 2 is 0.429 bits per heavy atom. The van der Waals surface area contributed by atoms with E-state index in [-0.39, 0.29) is 80.8 Å². The molecule has 0 aliphatic carbocycles. The van der Waals surface area contributed by atoms with Gasteiger partial charge in [-0.2, -0.15) is 0 Å². The van der Waals surface area contributed by atoms with Crippen LogP contribution in [-0.4, -0.2) is 137 Å². The van der Waals surface area contributed by atoms with Gasteiger partial charge in [0.25, 0.3) is 0 Å². The molecule has 0 unspecified atom stereocenters. The summed E-state index contributed by atoms with van der Waals surface area (Å²) in [6.07, 6.45) is 0. The van der Waals surface area contributed by atoms with Gasteiger partial charge in [-0.25, -0.2) is 0 Å². The summed E-state index contributed by atoms with van der Waals surface area (Å²) < 4.78 is 0. The predicted molar refractivity (Wildman–Crippen MR) is 66.2 cm³/mol. The minimum atomic E-state index is -4.61. The molecule has 0 atom stereocenters. The van der Waals surface area contributed by atoms with Gasteiger partial charge in [-0.05, 0) is 0 Å². The lowest BCUT2D eigenvalue weighted by Crippen LogP contribution is -2.33. The molecule has 0 aliphatic rings. The normalized spacial score (nSPS) is 8.57. The van der Waals surface area contributed by atoms with E-state index in [0.29, 0.717) is 0 Å². The molecule has 0 amide bonds. The highest BCUT2D eigenvalue weighted by atomic mass is 28.4. The molecular formula is H18Al2Mg2O8Si2. The summed E-state index contributed by atoms with van der Waals surface area (Å²) in [4.78, 5) is 58.6. The monoisotopic (exact) mass is 304 g/mol. The van der Waals surface area contributed by atoms with Gasteiger partial charge >= 0.3 is 64.2 Å². The molecule has 0 spiro atoms. The summed E-state index contributed by atoms with van der Waals surface area (Å²) in [5.74, 6) is 0. The van der Waals surface area contributed by atoms with E-state index >= 15 is 0 Å². The smallest absolute Gasteiger partial charge is 0.368 e. The Morgan fingerprint density at radius 1 is 0.429 bits per heavy atom. The Hall–Kier alpha value is 2.71. The van der Waals surface area contributed by atoms with Gasteiger partial charge in [-0.3, -0.25) is 0 Å².